The van der Waals surface area contributed by atoms with Crippen LogP contribution in [-0.2, 0) is 0 Å². The molecule has 16 heavy (non-hydrogen) atoms. The van der Waals surface area contributed by atoms with Crippen LogP contribution in [0.3, 0.4) is 0 Å². The highest BCUT2D eigenvalue weighted by Gasteiger charge is 2.19. The quantitative estimate of drug-likeness (QED) is 0.798. The van der Waals surface area contributed by atoms with Gasteiger partial charge in [-0.1, -0.05) is 13.8 Å². The third-order valence-corrected chi connectivity index (χ3v) is 3.07. The van der Waals surface area contributed by atoms with Gasteiger partial charge in [-0.05, 0) is 25.0 Å². The maximum absolute atomic E-state index is 12.2. The average Bonchev–Trinajstić information content (AvgIpc) is 2.74. The number of aromatic nitrogens is 2. The fourth-order valence-corrected chi connectivity index (χ4v) is 2.04. The number of carbonyl (C=O) groups excluding carboxylic acids is 1. The number of hydrogen-bond donors (Lipinski definition) is 1. The van der Waals surface area contributed by atoms with E-state index in [1.54, 1.807) is 12.4 Å². The van der Waals surface area contributed by atoms with E-state index < -0.39 is 0 Å². The maximum atomic E-state index is 12.2. The highest BCUT2D eigenvalue weighted by Crippen LogP contribution is 2.22. The van der Waals surface area contributed by atoms with Crippen LogP contribution in [0.5, 0.6) is 0 Å². The van der Waals surface area contributed by atoms with E-state index in [2.05, 4.69) is 23.8 Å². The van der Waals surface area contributed by atoms with E-state index in [1.165, 1.54) is 0 Å². The second kappa shape index (κ2) is 4.47. The molecule has 2 aromatic heterocycles. The molecular weight excluding hydrogens is 200 g/mol. The third-order valence-electron chi connectivity index (χ3n) is 3.07. The largest absolute Gasteiger partial charge is 0.345 e. The van der Waals surface area contributed by atoms with Crippen LogP contribution in [-0.4, -0.2) is 15.8 Å². The molecule has 0 saturated carbocycles. The first kappa shape index (κ1) is 10.9. The van der Waals surface area contributed by atoms with Crippen molar-refractivity contribution in [3.63, 3.8) is 0 Å². The zero-order valence-corrected chi connectivity index (χ0v) is 9.66. The van der Waals surface area contributed by atoms with Gasteiger partial charge >= 0.3 is 0 Å². The van der Waals surface area contributed by atoms with E-state index in [-0.39, 0.29) is 11.7 Å². The van der Waals surface area contributed by atoms with Crippen molar-refractivity contribution in [1.82, 2.24) is 9.97 Å². The van der Waals surface area contributed by atoms with Gasteiger partial charge in [0.25, 0.3) is 0 Å². The minimum absolute atomic E-state index is 0.124. The van der Waals surface area contributed by atoms with Crippen LogP contribution >= 0.6 is 0 Å². The number of ketones is 1. The maximum Gasteiger partial charge on any atom is 0.168 e. The van der Waals surface area contributed by atoms with Crippen molar-refractivity contribution in [2.24, 2.45) is 5.92 Å². The topological polar surface area (TPSA) is 45.8 Å². The summed E-state index contributed by atoms with van der Waals surface area (Å²) in [4.78, 5) is 19.5. The van der Waals surface area contributed by atoms with Crippen molar-refractivity contribution in [2.45, 2.75) is 26.7 Å². The van der Waals surface area contributed by atoms with E-state index in [0.717, 1.165) is 29.4 Å². The number of H-pyrrole nitrogens is 1. The molecule has 1 N–H and O–H groups in total. The van der Waals surface area contributed by atoms with E-state index in [9.17, 15) is 4.79 Å². The SMILES string of the molecule is CCC(CC)C(=O)c1c[nH]c2ncccc12. The summed E-state index contributed by atoms with van der Waals surface area (Å²) in [5.41, 5.74) is 1.56. The molecule has 3 heteroatoms. The van der Waals surface area contributed by atoms with Crippen molar-refractivity contribution < 1.29 is 4.79 Å². The van der Waals surface area contributed by atoms with Gasteiger partial charge in [0.05, 0.1) is 0 Å². The second-order valence-corrected chi connectivity index (χ2v) is 3.98. The first-order valence-electron chi connectivity index (χ1n) is 5.74. The summed E-state index contributed by atoms with van der Waals surface area (Å²) in [7, 11) is 0. The normalized spacial score (nSPS) is 11.2. The Morgan fingerprint density at radius 1 is 1.44 bits per heavy atom. The summed E-state index contributed by atoms with van der Waals surface area (Å²) in [5.74, 6) is 0.350. The molecule has 0 atom stereocenters. The molecular formula is C13H16N2O. The van der Waals surface area contributed by atoms with Crippen LogP contribution in [0.1, 0.15) is 37.0 Å². The molecule has 0 spiro atoms. The Morgan fingerprint density at radius 2 is 2.19 bits per heavy atom. The number of nitrogens with zero attached hydrogens (tertiary/aromatic N) is 1. The molecule has 0 aromatic carbocycles. The van der Waals surface area contributed by atoms with Crippen molar-refractivity contribution in [1.29, 1.82) is 0 Å². The van der Waals surface area contributed by atoms with Crippen LogP contribution in [0.4, 0.5) is 0 Å². The Bertz CT molecular complexity index is 497. The number of aromatic amines is 1. The number of rotatable bonds is 4. The average molecular weight is 216 g/mol. The van der Waals surface area contributed by atoms with Gasteiger partial charge in [0.1, 0.15) is 5.65 Å². The van der Waals surface area contributed by atoms with E-state index in [4.69, 9.17) is 0 Å². The fourth-order valence-electron chi connectivity index (χ4n) is 2.04. The lowest BCUT2D eigenvalue weighted by molar-refractivity contribution is 0.0915. The van der Waals surface area contributed by atoms with Crippen molar-refractivity contribution in [3.05, 3.63) is 30.1 Å². The van der Waals surface area contributed by atoms with Crippen molar-refractivity contribution in [3.8, 4) is 0 Å². The van der Waals surface area contributed by atoms with Crippen LogP contribution in [0.15, 0.2) is 24.5 Å². The molecule has 0 bridgehead atoms. The monoisotopic (exact) mass is 216 g/mol. The zero-order chi connectivity index (χ0) is 11.5. The number of pyridine rings is 1. The van der Waals surface area contributed by atoms with Crippen LogP contribution in [0.2, 0.25) is 0 Å². The lowest BCUT2D eigenvalue weighted by Gasteiger charge is -2.09. The van der Waals surface area contributed by atoms with Crippen molar-refractivity contribution >= 4 is 16.8 Å². The van der Waals surface area contributed by atoms with Gasteiger partial charge < -0.3 is 4.98 Å². The number of fused-ring (bicyclic) bond motifs is 1. The minimum Gasteiger partial charge on any atom is -0.345 e. The Morgan fingerprint density at radius 3 is 2.88 bits per heavy atom. The molecule has 3 nitrogen and oxygen atoms in total. The van der Waals surface area contributed by atoms with Gasteiger partial charge in [0.2, 0.25) is 0 Å². The van der Waals surface area contributed by atoms with Gasteiger partial charge in [0.15, 0.2) is 5.78 Å². The highest BCUT2D eigenvalue weighted by atomic mass is 16.1. The molecule has 2 rings (SSSR count). The van der Waals surface area contributed by atoms with Gasteiger partial charge in [-0.2, -0.15) is 0 Å². The Hall–Kier alpha value is -1.64. The predicted molar refractivity (Wildman–Crippen MR) is 64.5 cm³/mol. The molecule has 2 aromatic rings. The first-order chi connectivity index (χ1) is 7.77. The van der Waals surface area contributed by atoms with Crippen LogP contribution in [0.25, 0.3) is 11.0 Å². The molecule has 0 unspecified atom stereocenters. The van der Waals surface area contributed by atoms with Gasteiger partial charge in [-0.15, -0.1) is 0 Å². The molecule has 0 fully saturated rings. The highest BCUT2D eigenvalue weighted by molar-refractivity contribution is 6.08. The third kappa shape index (κ3) is 1.73. The Kier molecular flexibility index (Phi) is 3.04. The van der Waals surface area contributed by atoms with Crippen molar-refractivity contribution in [2.75, 3.05) is 0 Å². The molecule has 0 radical (unpaired) electrons. The summed E-state index contributed by atoms with van der Waals surface area (Å²) >= 11 is 0. The molecule has 0 saturated heterocycles. The molecule has 2 heterocycles. The van der Waals surface area contributed by atoms with Gasteiger partial charge in [-0.3, -0.25) is 4.79 Å². The second-order valence-electron chi connectivity index (χ2n) is 3.98. The molecule has 0 aliphatic carbocycles. The Labute approximate surface area is 94.9 Å². The first-order valence-corrected chi connectivity index (χ1v) is 5.74. The van der Waals surface area contributed by atoms with Gasteiger partial charge in [0, 0.05) is 29.3 Å². The summed E-state index contributed by atoms with van der Waals surface area (Å²) in [5, 5.41) is 0.930. The number of hydrogen-bond acceptors (Lipinski definition) is 2. The number of Topliss-reactive ketones (excluding diaryl/α,β-unsaturated/α-hetero) is 1. The van der Waals surface area contributed by atoms with E-state index in [0.29, 0.717) is 0 Å². The van der Waals surface area contributed by atoms with E-state index >= 15 is 0 Å². The molecule has 0 aliphatic rings. The lowest BCUT2D eigenvalue weighted by Crippen LogP contribution is -2.12. The number of carbonyl (C=O) groups is 1. The predicted octanol–water partition coefficient (Wildman–Crippen LogP) is 3.18. The molecule has 0 amide bonds. The molecule has 84 valence electrons. The standard InChI is InChI=1S/C13H16N2O/c1-3-9(4-2)12(16)11-8-15-13-10(11)6-5-7-14-13/h5-9H,3-4H2,1-2H3,(H,14,15). The van der Waals surface area contributed by atoms with E-state index in [1.807, 2.05) is 12.1 Å². The van der Waals surface area contributed by atoms with Crippen LogP contribution < -0.4 is 0 Å². The molecule has 0 aliphatic heterocycles. The summed E-state index contributed by atoms with van der Waals surface area (Å²) in [6.45, 7) is 4.11. The zero-order valence-electron chi connectivity index (χ0n) is 9.66. The Balaban J connectivity index is 2.43. The van der Waals surface area contributed by atoms with Crippen LogP contribution in [0, 0.1) is 5.92 Å². The minimum atomic E-state index is 0.124. The number of nitrogens with one attached hydrogen (secondary N) is 1. The summed E-state index contributed by atoms with van der Waals surface area (Å²) in [6, 6.07) is 3.80. The lowest BCUT2D eigenvalue weighted by atomic mass is 9.93. The smallest absolute Gasteiger partial charge is 0.168 e. The van der Waals surface area contributed by atoms with Gasteiger partial charge in [-0.25, -0.2) is 4.98 Å². The summed E-state index contributed by atoms with van der Waals surface area (Å²) < 4.78 is 0. The summed E-state index contributed by atoms with van der Waals surface area (Å²) in [6.07, 6.45) is 5.28. The fraction of sp³-hybridized carbons (Fsp3) is 0.385.